The van der Waals surface area contributed by atoms with Crippen LogP contribution in [-0.2, 0) is 0 Å². The molecule has 0 spiro atoms. The molecule has 0 aromatic heterocycles. The molecule has 0 unspecified atom stereocenters. The first kappa shape index (κ1) is 14.9. The molecule has 0 bridgehead atoms. The van der Waals surface area contributed by atoms with Crippen LogP contribution in [0.15, 0.2) is 48.5 Å². The summed E-state index contributed by atoms with van der Waals surface area (Å²) >= 11 is 0. The molecule has 0 N–H and O–H groups in total. The van der Waals surface area contributed by atoms with Crippen molar-refractivity contribution in [2.24, 2.45) is 0 Å². The smallest absolute Gasteiger partial charge is 0.122 e. The Hall–Kier alpha value is -2.47. The lowest BCUT2D eigenvalue weighted by atomic mass is 10.0. The summed E-state index contributed by atoms with van der Waals surface area (Å²) in [5, 5.41) is 8.72. The average molecular weight is 281 g/mol. The van der Waals surface area contributed by atoms with Crippen molar-refractivity contribution in [1.82, 2.24) is 0 Å². The van der Waals surface area contributed by atoms with E-state index in [1.165, 1.54) is 5.56 Å². The molecular weight excluding hydrogens is 262 g/mol. The average Bonchev–Trinajstić information content (AvgIpc) is 2.52. The fraction of sp³-hybridized carbons (Fsp3) is 0.278. The van der Waals surface area contributed by atoms with Crippen LogP contribution < -0.4 is 9.47 Å². The third-order valence-electron chi connectivity index (χ3n) is 3.13. The molecule has 0 saturated heterocycles. The lowest BCUT2D eigenvalue weighted by molar-refractivity contribution is 0.217. The fourth-order valence-electron chi connectivity index (χ4n) is 1.91. The minimum Gasteiger partial charge on any atom is -0.490 e. The molecule has 3 heteroatoms. The maximum Gasteiger partial charge on any atom is 0.122 e. The molecule has 3 nitrogen and oxygen atoms in total. The second-order valence-electron chi connectivity index (χ2n) is 5.06. The van der Waals surface area contributed by atoms with Gasteiger partial charge in [-0.1, -0.05) is 26.0 Å². The van der Waals surface area contributed by atoms with Gasteiger partial charge in [0, 0.05) is 0 Å². The molecule has 2 rings (SSSR count). The first-order chi connectivity index (χ1) is 10.2. The van der Waals surface area contributed by atoms with Crippen LogP contribution in [0.25, 0.3) is 0 Å². The zero-order valence-corrected chi connectivity index (χ0v) is 12.4. The molecule has 0 saturated carbocycles. The van der Waals surface area contributed by atoms with Gasteiger partial charge in [-0.15, -0.1) is 0 Å². The van der Waals surface area contributed by atoms with E-state index >= 15 is 0 Å². The van der Waals surface area contributed by atoms with Gasteiger partial charge in [0.15, 0.2) is 0 Å². The van der Waals surface area contributed by atoms with Crippen LogP contribution in [0.2, 0.25) is 0 Å². The normalized spacial score (nSPS) is 10.2. The van der Waals surface area contributed by atoms with Gasteiger partial charge in [0.05, 0.1) is 11.6 Å². The van der Waals surface area contributed by atoms with Crippen molar-refractivity contribution in [1.29, 1.82) is 5.26 Å². The van der Waals surface area contributed by atoms with Gasteiger partial charge in [-0.2, -0.15) is 5.26 Å². The maximum absolute atomic E-state index is 8.72. The predicted molar refractivity (Wildman–Crippen MR) is 82.7 cm³/mol. The van der Waals surface area contributed by atoms with Gasteiger partial charge >= 0.3 is 0 Å². The molecule has 2 aromatic rings. The molecule has 0 aliphatic carbocycles. The van der Waals surface area contributed by atoms with Gasteiger partial charge in [-0.05, 0) is 47.9 Å². The molecule has 0 radical (unpaired) electrons. The van der Waals surface area contributed by atoms with Crippen molar-refractivity contribution in [2.45, 2.75) is 19.8 Å². The highest BCUT2D eigenvalue weighted by Gasteiger charge is 2.01. The summed E-state index contributed by atoms with van der Waals surface area (Å²) in [4.78, 5) is 0. The van der Waals surface area contributed by atoms with Crippen LogP contribution in [0.4, 0.5) is 0 Å². The Morgan fingerprint density at radius 3 is 2.24 bits per heavy atom. The minimum absolute atomic E-state index is 0.470. The predicted octanol–water partition coefficient (Wildman–Crippen LogP) is 4.14. The first-order valence-corrected chi connectivity index (χ1v) is 7.05. The van der Waals surface area contributed by atoms with E-state index in [2.05, 4.69) is 32.0 Å². The highest BCUT2D eigenvalue weighted by Crippen LogP contribution is 2.20. The van der Waals surface area contributed by atoms with Crippen molar-refractivity contribution in [3.05, 3.63) is 59.7 Å². The Bertz CT molecular complexity index is 612. The molecule has 0 aliphatic heterocycles. The molecular formula is C18H19NO2. The van der Waals surface area contributed by atoms with E-state index in [9.17, 15) is 0 Å². The third kappa shape index (κ3) is 4.54. The van der Waals surface area contributed by atoms with Gasteiger partial charge < -0.3 is 9.47 Å². The topological polar surface area (TPSA) is 42.2 Å². The van der Waals surface area contributed by atoms with Crippen LogP contribution in [0, 0.1) is 11.3 Å². The molecule has 0 fully saturated rings. The summed E-state index contributed by atoms with van der Waals surface area (Å²) < 4.78 is 11.3. The van der Waals surface area contributed by atoms with E-state index in [1.807, 2.05) is 12.1 Å². The zero-order valence-electron chi connectivity index (χ0n) is 12.4. The number of rotatable bonds is 6. The van der Waals surface area contributed by atoms with E-state index in [1.54, 1.807) is 24.3 Å². The highest BCUT2D eigenvalue weighted by atomic mass is 16.5. The molecule has 21 heavy (non-hydrogen) atoms. The molecule has 2 aromatic carbocycles. The van der Waals surface area contributed by atoms with Gasteiger partial charge in [0.1, 0.15) is 24.7 Å². The number of hydrogen-bond donors (Lipinski definition) is 0. The molecule has 0 aliphatic rings. The number of ether oxygens (including phenoxy) is 2. The molecule has 0 atom stereocenters. The Balaban J connectivity index is 1.79. The summed E-state index contributed by atoms with van der Waals surface area (Å²) in [6, 6.07) is 17.3. The summed E-state index contributed by atoms with van der Waals surface area (Å²) in [6.45, 7) is 5.28. The maximum atomic E-state index is 8.72. The van der Waals surface area contributed by atoms with Crippen molar-refractivity contribution >= 4 is 0 Å². The van der Waals surface area contributed by atoms with Crippen molar-refractivity contribution in [3.8, 4) is 17.6 Å². The van der Waals surface area contributed by atoms with Crippen molar-refractivity contribution < 1.29 is 9.47 Å². The third-order valence-corrected chi connectivity index (χ3v) is 3.13. The highest BCUT2D eigenvalue weighted by molar-refractivity contribution is 5.34. The summed E-state index contributed by atoms with van der Waals surface area (Å²) in [7, 11) is 0. The first-order valence-electron chi connectivity index (χ1n) is 7.05. The van der Waals surface area contributed by atoms with Crippen molar-refractivity contribution in [3.63, 3.8) is 0 Å². The Kier molecular flexibility index (Phi) is 5.22. The van der Waals surface area contributed by atoms with E-state index in [4.69, 9.17) is 14.7 Å². The number of benzene rings is 2. The fourth-order valence-corrected chi connectivity index (χ4v) is 1.91. The molecule has 0 heterocycles. The lowest BCUT2D eigenvalue weighted by Gasteiger charge is -2.11. The van der Waals surface area contributed by atoms with Gasteiger partial charge in [-0.25, -0.2) is 0 Å². The Morgan fingerprint density at radius 2 is 1.62 bits per heavy atom. The Morgan fingerprint density at radius 1 is 0.952 bits per heavy atom. The summed E-state index contributed by atoms with van der Waals surface area (Å²) in [6.07, 6.45) is 0. The lowest BCUT2D eigenvalue weighted by Crippen LogP contribution is -2.09. The van der Waals surface area contributed by atoms with Gasteiger partial charge in [-0.3, -0.25) is 0 Å². The number of nitrogens with zero attached hydrogens (tertiary/aromatic N) is 1. The SMILES string of the molecule is CC(C)c1cccc(OCCOc2ccc(C#N)cc2)c1. The van der Waals surface area contributed by atoms with Gasteiger partial charge in [0.25, 0.3) is 0 Å². The standard InChI is InChI=1S/C18H19NO2/c1-14(2)16-4-3-5-18(12-16)21-11-10-20-17-8-6-15(13-19)7-9-17/h3-9,12,14H,10-11H2,1-2H3. The minimum atomic E-state index is 0.470. The second kappa shape index (κ2) is 7.35. The van der Waals surface area contributed by atoms with E-state index in [0.29, 0.717) is 24.7 Å². The van der Waals surface area contributed by atoms with Crippen LogP contribution >= 0.6 is 0 Å². The van der Waals surface area contributed by atoms with E-state index < -0.39 is 0 Å². The largest absolute Gasteiger partial charge is 0.490 e. The summed E-state index contributed by atoms with van der Waals surface area (Å²) in [5.41, 5.74) is 1.89. The van der Waals surface area contributed by atoms with E-state index in [0.717, 1.165) is 11.5 Å². The van der Waals surface area contributed by atoms with Crippen LogP contribution in [-0.4, -0.2) is 13.2 Å². The molecule has 108 valence electrons. The molecule has 0 amide bonds. The van der Waals surface area contributed by atoms with Crippen LogP contribution in [0.5, 0.6) is 11.5 Å². The van der Waals surface area contributed by atoms with Crippen LogP contribution in [0.3, 0.4) is 0 Å². The quantitative estimate of drug-likeness (QED) is 0.747. The van der Waals surface area contributed by atoms with Crippen molar-refractivity contribution in [2.75, 3.05) is 13.2 Å². The summed E-state index contributed by atoms with van der Waals surface area (Å²) in [5.74, 6) is 2.10. The Labute approximate surface area is 125 Å². The van der Waals surface area contributed by atoms with Gasteiger partial charge in [0.2, 0.25) is 0 Å². The monoisotopic (exact) mass is 281 g/mol. The number of hydrogen-bond acceptors (Lipinski definition) is 3. The zero-order chi connectivity index (χ0) is 15.1. The second-order valence-corrected chi connectivity index (χ2v) is 5.06. The number of nitriles is 1. The van der Waals surface area contributed by atoms with Crippen LogP contribution in [0.1, 0.15) is 30.9 Å². The van der Waals surface area contributed by atoms with E-state index in [-0.39, 0.29) is 0 Å².